The second-order valence-corrected chi connectivity index (χ2v) is 5.78. The summed E-state index contributed by atoms with van der Waals surface area (Å²) < 4.78 is 0. The van der Waals surface area contributed by atoms with Gasteiger partial charge in [-0.1, -0.05) is 71.1 Å². The molecule has 0 aromatic heterocycles. The minimum absolute atomic E-state index is 0.867. The second-order valence-electron chi connectivity index (χ2n) is 5.78. The minimum Gasteiger partial charge on any atom is -0.330 e. The molecule has 116 valence electrons. The van der Waals surface area contributed by atoms with Crippen LogP contribution in [-0.2, 0) is 0 Å². The lowest BCUT2D eigenvalue weighted by atomic mass is 10.1. The zero-order chi connectivity index (χ0) is 14.0. The molecule has 0 spiro atoms. The van der Waals surface area contributed by atoms with Crippen LogP contribution in [0.1, 0.15) is 90.4 Å². The highest BCUT2D eigenvalue weighted by molar-refractivity contribution is 4.51. The van der Waals surface area contributed by atoms with Crippen molar-refractivity contribution >= 4 is 0 Å². The molecule has 0 saturated carbocycles. The lowest BCUT2D eigenvalue weighted by Crippen LogP contribution is -2.16. The Hall–Kier alpha value is -0.0800. The Morgan fingerprint density at radius 3 is 1.47 bits per heavy atom. The maximum Gasteiger partial charge on any atom is -0.00489 e. The van der Waals surface area contributed by atoms with Crippen molar-refractivity contribution in [2.45, 2.75) is 90.4 Å². The largest absolute Gasteiger partial charge is 0.330 e. The van der Waals surface area contributed by atoms with Crippen molar-refractivity contribution in [1.29, 1.82) is 0 Å². The van der Waals surface area contributed by atoms with Gasteiger partial charge >= 0.3 is 0 Å². The van der Waals surface area contributed by atoms with E-state index in [4.69, 9.17) is 5.73 Å². The lowest BCUT2D eigenvalue weighted by Gasteiger charge is -2.05. The standard InChI is InChI=1S/C17H38N2/c1-2-3-4-13-16-19-17-14-11-9-7-5-6-8-10-12-15-18/h19H,2-18H2,1H3. The van der Waals surface area contributed by atoms with Crippen LogP contribution in [0, 0.1) is 0 Å². The minimum atomic E-state index is 0.867. The molecule has 0 bridgehead atoms. The summed E-state index contributed by atoms with van der Waals surface area (Å²) in [5.41, 5.74) is 5.48. The third-order valence-electron chi connectivity index (χ3n) is 3.76. The molecular formula is C17H38N2. The van der Waals surface area contributed by atoms with E-state index in [9.17, 15) is 0 Å². The zero-order valence-corrected chi connectivity index (χ0v) is 13.4. The van der Waals surface area contributed by atoms with Gasteiger partial charge in [-0.3, -0.25) is 0 Å². The fraction of sp³-hybridized carbons (Fsp3) is 1.00. The van der Waals surface area contributed by atoms with E-state index in [1.54, 1.807) is 0 Å². The van der Waals surface area contributed by atoms with Crippen molar-refractivity contribution in [1.82, 2.24) is 5.32 Å². The Balaban J connectivity index is 2.88. The van der Waals surface area contributed by atoms with Gasteiger partial charge in [0.05, 0.1) is 0 Å². The fourth-order valence-electron chi connectivity index (χ4n) is 2.43. The zero-order valence-electron chi connectivity index (χ0n) is 13.4. The van der Waals surface area contributed by atoms with Crippen LogP contribution in [0.3, 0.4) is 0 Å². The summed E-state index contributed by atoms with van der Waals surface area (Å²) in [7, 11) is 0. The Labute approximate surface area is 121 Å². The molecule has 19 heavy (non-hydrogen) atoms. The molecule has 0 heterocycles. The molecule has 0 aromatic rings. The number of nitrogens with two attached hydrogens (primary N) is 1. The Morgan fingerprint density at radius 1 is 0.579 bits per heavy atom. The number of hydrogen-bond donors (Lipinski definition) is 2. The first-order valence-corrected chi connectivity index (χ1v) is 8.82. The van der Waals surface area contributed by atoms with Crippen molar-refractivity contribution in [3.8, 4) is 0 Å². The maximum absolute atomic E-state index is 5.48. The van der Waals surface area contributed by atoms with E-state index in [0.29, 0.717) is 0 Å². The third-order valence-corrected chi connectivity index (χ3v) is 3.76. The van der Waals surface area contributed by atoms with Crippen molar-refractivity contribution in [2.75, 3.05) is 19.6 Å². The molecule has 0 atom stereocenters. The average molecular weight is 271 g/mol. The van der Waals surface area contributed by atoms with Crippen LogP contribution < -0.4 is 11.1 Å². The number of nitrogens with one attached hydrogen (secondary N) is 1. The van der Waals surface area contributed by atoms with Crippen LogP contribution in [0.5, 0.6) is 0 Å². The van der Waals surface area contributed by atoms with E-state index >= 15 is 0 Å². The molecule has 0 amide bonds. The first-order chi connectivity index (χ1) is 9.41. The first kappa shape index (κ1) is 18.9. The van der Waals surface area contributed by atoms with E-state index in [2.05, 4.69) is 12.2 Å². The summed E-state index contributed by atoms with van der Waals surface area (Å²) in [5, 5.41) is 3.56. The molecule has 0 aliphatic carbocycles. The third kappa shape index (κ3) is 17.9. The highest BCUT2D eigenvalue weighted by Gasteiger charge is 1.93. The molecule has 0 aromatic carbocycles. The van der Waals surface area contributed by atoms with Crippen LogP contribution in [0.2, 0.25) is 0 Å². The molecule has 2 heteroatoms. The van der Waals surface area contributed by atoms with Crippen molar-refractivity contribution < 1.29 is 0 Å². The summed E-state index contributed by atoms with van der Waals surface area (Å²) in [6.45, 7) is 5.58. The molecule has 3 N–H and O–H groups in total. The van der Waals surface area contributed by atoms with Gasteiger partial charge in [-0.15, -0.1) is 0 Å². The van der Waals surface area contributed by atoms with E-state index in [1.165, 1.54) is 96.6 Å². The predicted molar refractivity (Wildman–Crippen MR) is 87.6 cm³/mol. The molecule has 0 aliphatic heterocycles. The van der Waals surface area contributed by atoms with E-state index < -0.39 is 0 Å². The quantitative estimate of drug-likeness (QED) is 0.401. The molecule has 0 unspecified atom stereocenters. The van der Waals surface area contributed by atoms with Crippen LogP contribution in [0.25, 0.3) is 0 Å². The normalized spacial score (nSPS) is 11.1. The Kier molecular flexibility index (Phi) is 17.8. The smallest absolute Gasteiger partial charge is 0.00489 e. The summed E-state index contributed by atoms with van der Waals surface area (Å²) in [4.78, 5) is 0. The maximum atomic E-state index is 5.48. The van der Waals surface area contributed by atoms with Crippen LogP contribution in [0.4, 0.5) is 0 Å². The number of rotatable bonds is 16. The molecule has 0 fully saturated rings. The SMILES string of the molecule is CCCCCCNCCCCCCCCCCCN. The highest BCUT2D eigenvalue weighted by Crippen LogP contribution is 2.09. The van der Waals surface area contributed by atoms with Gasteiger partial charge in [-0.25, -0.2) is 0 Å². The topological polar surface area (TPSA) is 38.0 Å². The fourth-order valence-corrected chi connectivity index (χ4v) is 2.43. The van der Waals surface area contributed by atoms with Gasteiger partial charge in [0.25, 0.3) is 0 Å². The molecule has 0 rings (SSSR count). The lowest BCUT2D eigenvalue weighted by molar-refractivity contribution is 0.537. The first-order valence-electron chi connectivity index (χ1n) is 8.82. The number of unbranched alkanes of at least 4 members (excludes halogenated alkanes) is 11. The van der Waals surface area contributed by atoms with Gasteiger partial charge < -0.3 is 11.1 Å². The van der Waals surface area contributed by atoms with Gasteiger partial charge in [-0.05, 0) is 38.9 Å². The molecule has 0 radical (unpaired) electrons. The average Bonchev–Trinajstić information content (AvgIpc) is 2.43. The van der Waals surface area contributed by atoms with Crippen molar-refractivity contribution in [2.24, 2.45) is 5.73 Å². The van der Waals surface area contributed by atoms with Gasteiger partial charge in [0.2, 0.25) is 0 Å². The van der Waals surface area contributed by atoms with Gasteiger partial charge in [0.1, 0.15) is 0 Å². The van der Waals surface area contributed by atoms with Gasteiger partial charge in [0.15, 0.2) is 0 Å². The summed E-state index contributed by atoms with van der Waals surface area (Å²) in [6, 6.07) is 0. The second kappa shape index (κ2) is 17.9. The van der Waals surface area contributed by atoms with E-state index in [0.717, 1.165) is 6.54 Å². The molecule has 0 aliphatic rings. The predicted octanol–water partition coefficient (Wildman–Crippen LogP) is 4.63. The Bertz CT molecular complexity index is 132. The molecule has 2 nitrogen and oxygen atoms in total. The molecule has 0 saturated heterocycles. The summed E-state index contributed by atoms with van der Waals surface area (Å²) in [6.07, 6.45) is 17.9. The number of hydrogen-bond acceptors (Lipinski definition) is 2. The summed E-state index contributed by atoms with van der Waals surface area (Å²) in [5.74, 6) is 0. The monoisotopic (exact) mass is 270 g/mol. The van der Waals surface area contributed by atoms with Crippen molar-refractivity contribution in [3.05, 3.63) is 0 Å². The summed E-state index contributed by atoms with van der Waals surface area (Å²) >= 11 is 0. The van der Waals surface area contributed by atoms with E-state index in [-0.39, 0.29) is 0 Å². The Morgan fingerprint density at radius 2 is 1.00 bits per heavy atom. The van der Waals surface area contributed by atoms with Crippen LogP contribution >= 0.6 is 0 Å². The van der Waals surface area contributed by atoms with E-state index in [1.807, 2.05) is 0 Å². The van der Waals surface area contributed by atoms with Gasteiger partial charge in [0, 0.05) is 0 Å². The van der Waals surface area contributed by atoms with Gasteiger partial charge in [-0.2, -0.15) is 0 Å². The van der Waals surface area contributed by atoms with Crippen LogP contribution in [-0.4, -0.2) is 19.6 Å². The van der Waals surface area contributed by atoms with Crippen LogP contribution in [0.15, 0.2) is 0 Å². The molecular weight excluding hydrogens is 232 g/mol. The van der Waals surface area contributed by atoms with Crippen molar-refractivity contribution in [3.63, 3.8) is 0 Å². The highest BCUT2D eigenvalue weighted by atomic mass is 14.8.